The first-order valence-electron chi connectivity index (χ1n) is 6.98. The number of aromatic nitrogens is 1. The normalized spacial score (nSPS) is 14.6. The molecule has 1 aromatic heterocycles. The second-order valence-corrected chi connectivity index (χ2v) is 5.48. The maximum Gasteiger partial charge on any atom is 0.303 e. The molecule has 1 N–H and O–H groups in total. The zero-order valence-electron chi connectivity index (χ0n) is 11.8. The Labute approximate surface area is 117 Å². The Morgan fingerprint density at radius 2 is 2.20 bits per heavy atom. The molecule has 1 aliphatic rings. The van der Waals surface area contributed by atoms with Crippen molar-refractivity contribution in [2.45, 2.75) is 51.5 Å². The number of carboxylic acid groups (broad SMARTS) is 1. The van der Waals surface area contributed by atoms with E-state index in [4.69, 9.17) is 9.63 Å². The predicted octanol–water partition coefficient (Wildman–Crippen LogP) is 2.27. The Balaban J connectivity index is 1.99. The summed E-state index contributed by atoms with van der Waals surface area (Å²) in [6, 6.07) is 1.71. The molecule has 1 fully saturated rings. The molecule has 1 heterocycles. The van der Waals surface area contributed by atoms with E-state index in [2.05, 4.69) is 5.16 Å². The molecule has 110 valence electrons. The summed E-state index contributed by atoms with van der Waals surface area (Å²) in [5.41, 5.74) is 0.316. The maximum atomic E-state index is 12.4. The van der Waals surface area contributed by atoms with Crippen molar-refractivity contribution in [2.24, 2.45) is 0 Å². The quantitative estimate of drug-likeness (QED) is 0.828. The van der Waals surface area contributed by atoms with Crippen LogP contribution in [-0.2, 0) is 4.79 Å². The van der Waals surface area contributed by atoms with Gasteiger partial charge in [-0.15, -0.1) is 0 Å². The molecule has 1 amide bonds. The smallest absolute Gasteiger partial charge is 0.303 e. The molecule has 0 saturated heterocycles. The number of aliphatic carboxylic acids is 1. The van der Waals surface area contributed by atoms with Crippen molar-refractivity contribution in [1.29, 1.82) is 0 Å². The van der Waals surface area contributed by atoms with Crippen molar-refractivity contribution in [1.82, 2.24) is 10.1 Å². The third-order valence-corrected chi connectivity index (χ3v) is 3.40. The van der Waals surface area contributed by atoms with Gasteiger partial charge in [0.05, 0.1) is 0 Å². The summed E-state index contributed by atoms with van der Waals surface area (Å²) in [6.45, 7) is 4.22. The van der Waals surface area contributed by atoms with Crippen molar-refractivity contribution in [2.75, 3.05) is 6.54 Å². The lowest BCUT2D eigenvalue weighted by Gasteiger charge is -2.25. The fraction of sp³-hybridized carbons (Fsp3) is 0.643. The molecule has 6 heteroatoms. The van der Waals surface area contributed by atoms with E-state index in [0.717, 1.165) is 18.6 Å². The third-order valence-electron chi connectivity index (χ3n) is 3.40. The zero-order chi connectivity index (χ0) is 14.7. The monoisotopic (exact) mass is 280 g/mol. The number of carboxylic acids is 1. The van der Waals surface area contributed by atoms with Gasteiger partial charge < -0.3 is 14.5 Å². The van der Waals surface area contributed by atoms with Crippen LogP contribution in [0.25, 0.3) is 0 Å². The van der Waals surface area contributed by atoms with Crippen molar-refractivity contribution >= 4 is 11.9 Å². The van der Waals surface area contributed by atoms with Crippen LogP contribution in [0.15, 0.2) is 10.6 Å². The van der Waals surface area contributed by atoms with E-state index in [0.29, 0.717) is 24.6 Å². The molecule has 0 radical (unpaired) electrons. The van der Waals surface area contributed by atoms with E-state index >= 15 is 0 Å². The zero-order valence-corrected chi connectivity index (χ0v) is 11.8. The van der Waals surface area contributed by atoms with E-state index in [1.807, 2.05) is 13.8 Å². The molecule has 20 heavy (non-hydrogen) atoms. The minimum Gasteiger partial charge on any atom is -0.481 e. The number of hydrogen-bond donors (Lipinski definition) is 1. The van der Waals surface area contributed by atoms with Gasteiger partial charge in [-0.1, -0.05) is 5.16 Å². The molecule has 6 nitrogen and oxygen atoms in total. The van der Waals surface area contributed by atoms with Gasteiger partial charge >= 0.3 is 5.97 Å². The molecule has 0 spiro atoms. The summed E-state index contributed by atoms with van der Waals surface area (Å²) in [7, 11) is 0. The van der Waals surface area contributed by atoms with Crippen LogP contribution in [0.1, 0.15) is 61.7 Å². The molecule has 2 rings (SSSR count). The lowest BCUT2D eigenvalue weighted by atomic mass is 10.2. The Morgan fingerprint density at radius 1 is 1.50 bits per heavy atom. The fourth-order valence-corrected chi connectivity index (χ4v) is 2.09. The van der Waals surface area contributed by atoms with Crippen molar-refractivity contribution < 1.29 is 19.2 Å². The summed E-state index contributed by atoms with van der Waals surface area (Å²) < 4.78 is 5.19. The minimum atomic E-state index is -0.849. The Morgan fingerprint density at radius 3 is 2.75 bits per heavy atom. The first kappa shape index (κ1) is 14.6. The summed E-state index contributed by atoms with van der Waals surface area (Å²) in [5.74, 6) is 0.158. The Kier molecular flexibility index (Phi) is 4.42. The van der Waals surface area contributed by atoms with E-state index in [-0.39, 0.29) is 18.4 Å². The molecule has 0 aromatic carbocycles. The fourth-order valence-electron chi connectivity index (χ4n) is 2.09. The van der Waals surface area contributed by atoms with E-state index in [1.165, 1.54) is 0 Å². The van der Waals surface area contributed by atoms with E-state index in [1.54, 1.807) is 11.0 Å². The van der Waals surface area contributed by atoms with Gasteiger partial charge in [-0.25, -0.2) is 0 Å². The Bertz CT molecular complexity index is 491. The highest BCUT2D eigenvalue weighted by Crippen LogP contribution is 2.40. The van der Waals surface area contributed by atoms with Gasteiger partial charge in [0.25, 0.3) is 5.91 Å². The van der Waals surface area contributed by atoms with Crippen molar-refractivity contribution in [3.8, 4) is 0 Å². The molecule has 0 aliphatic heterocycles. The molecule has 1 aliphatic carbocycles. The summed E-state index contributed by atoms with van der Waals surface area (Å²) in [6.07, 6.45) is 2.68. The predicted molar refractivity (Wildman–Crippen MR) is 71.5 cm³/mol. The van der Waals surface area contributed by atoms with Crippen LogP contribution in [0.4, 0.5) is 0 Å². The molecule has 0 bridgehead atoms. The topological polar surface area (TPSA) is 83.6 Å². The molecule has 0 unspecified atom stereocenters. The van der Waals surface area contributed by atoms with Gasteiger partial charge in [-0.2, -0.15) is 0 Å². The second kappa shape index (κ2) is 6.07. The number of carbonyl (C=O) groups is 2. The number of carbonyl (C=O) groups excluding carboxylic acids is 1. The largest absolute Gasteiger partial charge is 0.481 e. The van der Waals surface area contributed by atoms with Crippen molar-refractivity contribution in [3.05, 3.63) is 17.5 Å². The highest BCUT2D eigenvalue weighted by Gasteiger charge is 2.30. The first-order chi connectivity index (χ1) is 9.49. The number of nitrogens with zero attached hydrogens (tertiary/aromatic N) is 2. The lowest BCUT2D eigenvalue weighted by Crippen LogP contribution is -2.38. The van der Waals surface area contributed by atoms with Crippen LogP contribution in [0.5, 0.6) is 0 Å². The van der Waals surface area contributed by atoms with Crippen LogP contribution in [-0.4, -0.2) is 39.6 Å². The molecule has 1 saturated carbocycles. The average Bonchev–Trinajstić information content (AvgIpc) is 3.11. The third kappa shape index (κ3) is 3.59. The minimum absolute atomic E-state index is 0.00244. The number of hydrogen-bond acceptors (Lipinski definition) is 4. The van der Waals surface area contributed by atoms with Crippen LogP contribution in [0.2, 0.25) is 0 Å². The number of rotatable bonds is 7. The van der Waals surface area contributed by atoms with Crippen LogP contribution < -0.4 is 0 Å². The SMILES string of the molecule is CC(C)N(CCCC(=O)O)C(=O)c1cc(C2CC2)on1. The maximum absolute atomic E-state index is 12.4. The Hall–Kier alpha value is -1.85. The average molecular weight is 280 g/mol. The highest BCUT2D eigenvalue weighted by molar-refractivity contribution is 5.92. The number of amides is 1. The van der Waals surface area contributed by atoms with Gasteiger partial charge in [-0.05, 0) is 33.1 Å². The van der Waals surface area contributed by atoms with Crippen LogP contribution in [0, 0.1) is 0 Å². The summed E-state index contributed by atoms with van der Waals surface area (Å²) in [4.78, 5) is 24.6. The van der Waals surface area contributed by atoms with E-state index in [9.17, 15) is 9.59 Å². The molecule has 1 aromatic rings. The first-order valence-corrected chi connectivity index (χ1v) is 6.98. The van der Waals surface area contributed by atoms with Gasteiger partial charge in [-0.3, -0.25) is 9.59 Å². The lowest BCUT2D eigenvalue weighted by molar-refractivity contribution is -0.137. The highest BCUT2D eigenvalue weighted by atomic mass is 16.5. The van der Waals surface area contributed by atoms with Gasteiger partial charge in [0.2, 0.25) is 0 Å². The standard InChI is InChI=1S/C14H20N2O4/c1-9(2)16(7-3-4-13(17)18)14(19)11-8-12(20-15-11)10-5-6-10/h8-10H,3-7H2,1-2H3,(H,17,18). The second-order valence-electron chi connectivity index (χ2n) is 5.48. The van der Waals surface area contributed by atoms with Gasteiger partial charge in [0.1, 0.15) is 5.76 Å². The molecular formula is C14H20N2O4. The van der Waals surface area contributed by atoms with Gasteiger partial charge in [0.15, 0.2) is 5.69 Å². The van der Waals surface area contributed by atoms with Crippen LogP contribution >= 0.6 is 0 Å². The van der Waals surface area contributed by atoms with E-state index < -0.39 is 5.97 Å². The summed E-state index contributed by atoms with van der Waals surface area (Å²) >= 11 is 0. The van der Waals surface area contributed by atoms with Crippen LogP contribution in [0.3, 0.4) is 0 Å². The molecular weight excluding hydrogens is 260 g/mol. The summed E-state index contributed by atoms with van der Waals surface area (Å²) in [5, 5.41) is 12.5. The van der Waals surface area contributed by atoms with Crippen molar-refractivity contribution in [3.63, 3.8) is 0 Å². The van der Waals surface area contributed by atoms with Gasteiger partial charge in [0, 0.05) is 31.0 Å². The molecule has 0 atom stereocenters.